The molecule has 0 unspecified atom stereocenters. The molecular formula is C29H37FN4O3Si. The van der Waals surface area contributed by atoms with Gasteiger partial charge in [0.05, 0.1) is 29.6 Å². The summed E-state index contributed by atoms with van der Waals surface area (Å²) in [5, 5.41) is 5.08. The fraction of sp³-hybridized carbons (Fsp3) is 0.483. The Balaban J connectivity index is 1.54. The molecule has 2 heterocycles. The molecule has 0 saturated heterocycles. The number of halogens is 1. The highest BCUT2D eigenvalue weighted by atomic mass is 28.3. The van der Waals surface area contributed by atoms with E-state index in [1.807, 2.05) is 13.0 Å². The van der Waals surface area contributed by atoms with Gasteiger partial charge in [0.2, 0.25) is 0 Å². The summed E-state index contributed by atoms with van der Waals surface area (Å²) in [6.45, 7) is 9.80. The van der Waals surface area contributed by atoms with Crippen LogP contribution >= 0.6 is 0 Å². The van der Waals surface area contributed by atoms with E-state index in [1.54, 1.807) is 41.2 Å². The first-order chi connectivity index (χ1) is 18.2. The van der Waals surface area contributed by atoms with Crippen LogP contribution in [0.3, 0.4) is 0 Å². The van der Waals surface area contributed by atoms with E-state index in [2.05, 4.69) is 41.6 Å². The summed E-state index contributed by atoms with van der Waals surface area (Å²) in [6.07, 6.45) is 5.55. The number of hydrogen-bond donors (Lipinski definition) is 0. The molecule has 1 fully saturated rings. The SMILES string of the molecule is CCOc1cc(C(=O)N(C)Cc2cnc(CF)c3cnn(COCC[Si](C)(C)C)c23)ccc1C#CC1CC1. The van der Waals surface area contributed by atoms with E-state index in [0.29, 0.717) is 41.5 Å². The van der Waals surface area contributed by atoms with Crippen LogP contribution in [0.15, 0.2) is 30.6 Å². The molecule has 0 atom stereocenters. The molecule has 0 N–H and O–H groups in total. The van der Waals surface area contributed by atoms with Crippen LogP contribution in [0.25, 0.3) is 10.9 Å². The Bertz CT molecular complexity index is 1350. The maximum Gasteiger partial charge on any atom is 0.254 e. The standard InChI is InChI=1S/C29H37FN4O3Si/c1-6-37-27-15-23(12-11-22(27)10-9-21-7-8-21)29(35)33(2)19-24-17-31-26(16-30)25-18-32-34(28(24)25)20-36-13-14-38(3,4)5/h11-12,15,17-18,21H,6-8,13-14,16,19-20H2,1-5H3. The molecule has 0 radical (unpaired) electrons. The number of fused-ring (bicyclic) bond motifs is 1. The van der Waals surface area contributed by atoms with E-state index >= 15 is 0 Å². The van der Waals surface area contributed by atoms with Gasteiger partial charge in [0, 0.05) is 56.9 Å². The van der Waals surface area contributed by atoms with Gasteiger partial charge < -0.3 is 14.4 Å². The number of amides is 1. The van der Waals surface area contributed by atoms with Crippen LogP contribution in [0, 0.1) is 17.8 Å². The Labute approximate surface area is 225 Å². The Hall–Kier alpha value is -3.22. The summed E-state index contributed by atoms with van der Waals surface area (Å²) in [4.78, 5) is 19.3. The van der Waals surface area contributed by atoms with Crippen molar-refractivity contribution >= 4 is 24.9 Å². The zero-order valence-corrected chi connectivity index (χ0v) is 24.0. The molecule has 4 rings (SSSR count). The van der Waals surface area contributed by atoms with Gasteiger partial charge >= 0.3 is 0 Å². The highest BCUT2D eigenvalue weighted by molar-refractivity contribution is 6.76. The number of benzene rings is 1. The van der Waals surface area contributed by atoms with Crippen LogP contribution in [0.5, 0.6) is 5.75 Å². The third-order valence-corrected chi connectivity index (χ3v) is 8.14. The van der Waals surface area contributed by atoms with Gasteiger partial charge in [0.25, 0.3) is 5.91 Å². The molecular weight excluding hydrogens is 499 g/mol. The number of carbonyl (C=O) groups is 1. The molecule has 0 bridgehead atoms. The van der Waals surface area contributed by atoms with Gasteiger partial charge in [-0.2, -0.15) is 5.10 Å². The minimum absolute atomic E-state index is 0.159. The summed E-state index contributed by atoms with van der Waals surface area (Å²) in [5.74, 6) is 7.39. The summed E-state index contributed by atoms with van der Waals surface area (Å²) in [5.41, 5.74) is 3.15. The van der Waals surface area contributed by atoms with E-state index in [0.717, 1.165) is 35.5 Å². The largest absolute Gasteiger partial charge is 0.493 e. The van der Waals surface area contributed by atoms with Gasteiger partial charge in [0.1, 0.15) is 19.2 Å². The van der Waals surface area contributed by atoms with Crippen molar-refractivity contribution in [3.05, 3.63) is 53.0 Å². The normalized spacial score (nSPS) is 13.3. The molecule has 9 heteroatoms. The van der Waals surface area contributed by atoms with Crippen molar-refractivity contribution in [1.29, 1.82) is 0 Å². The molecule has 7 nitrogen and oxygen atoms in total. The third kappa shape index (κ3) is 7.00. The highest BCUT2D eigenvalue weighted by Gasteiger charge is 2.20. The highest BCUT2D eigenvalue weighted by Crippen LogP contribution is 2.29. The van der Waals surface area contributed by atoms with Crippen LogP contribution in [-0.4, -0.2) is 53.9 Å². The Morgan fingerprint density at radius 1 is 1.26 bits per heavy atom. The second kappa shape index (κ2) is 12.1. The van der Waals surface area contributed by atoms with Gasteiger partial charge in [-0.15, -0.1) is 0 Å². The minimum atomic E-state index is -1.22. The monoisotopic (exact) mass is 536 g/mol. The third-order valence-electron chi connectivity index (χ3n) is 6.44. The average molecular weight is 537 g/mol. The van der Waals surface area contributed by atoms with Crippen LogP contribution < -0.4 is 4.74 Å². The number of nitrogens with zero attached hydrogens (tertiary/aromatic N) is 4. The molecule has 1 amide bonds. The molecule has 1 saturated carbocycles. The Morgan fingerprint density at radius 2 is 2.05 bits per heavy atom. The van der Waals surface area contributed by atoms with Crippen LogP contribution in [0.1, 0.15) is 46.9 Å². The second-order valence-corrected chi connectivity index (χ2v) is 16.6. The van der Waals surface area contributed by atoms with Crippen molar-refractivity contribution in [2.45, 2.75) is 65.4 Å². The molecule has 1 aromatic carbocycles. The van der Waals surface area contributed by atoms with E-state index in [9.17, 15) is 9.18 Å². The topological polar surface area (TPSA) is 69.5 Å². The first kappa shape index (κ1) is 27.8. The fourth-order valence-corrected chi connectivity index (χ4v) is 4.82. The molecule has 1 aliphatic carbocycles. The van der Waals surface area contributed by atoms with Gasteiger partial charge in [0.15, 0.2) is 0 Å². The van der Waals surface area contributed by atoms with E-state index in [-0.39, 0.29) is 19.2 Å². The van der Waals surface area contributed by atoms with Crippen LogP contribution in [0.2, 0.25) is 25.7 Å². The minimum Gasteiger partial charge on any atom is -0.493 e. The van der Waals surface area contributed by atoms with E-state index in [1.165, 1.54) is 0 Å². The lowest BCUT2D eigenvalue weighted by Crippen LogP contribution is -2.27. The van der Waals surface area contributed by atoms with Crippen LogP contribution in [0.4, 0.5) is 4.39 Å². The molecule has 0 aliphatic heterocycles. The number of rotatable bonds is 11. The molecule has 38 heavy (non-hydrogen) atoms. The molecule has 2 aromatic heterocycles. The number of carbonyl (C=O) groups excluding carboxylic acids is 1. The summed E-state index contributed by atoms with van der Waals surface area (Å²) in [6, 6.07) is 6.44. The molecule has 3 aromatic rings. The summed E-state index contributed by atoms with van der Waals surface area (Å²) < 4.78 is 27.1. The number of ether oxygens (including phenoxy) is 2. The Kier molecular flexibility index (Phi) is 8.85. The summed E-state index contributed by atoms with van der Waals surface area (Å²) >= 11 is 0. The number of pyridine rings is 1. The zero-order valence-electron chi connectivity index (χ0n) is 23.0. The van der Waals surface area contributed by atoms with Crippen molar-refractivity contribution in [3.63, 3.8) is 0 Å². The molecule has 202 valence electrons. The number of aromatic nitrogens is 3. The first-order valence-electron chi connectivity index (χ1n) is 13.2. The molecule has 1 aliphatic rings. The lowest BCUT2D eigenvalue weighted by atomic mass is 10.1. The summed E-state index contributed by atoms with van der Waals surface area (Å²) in [7, 11) is 0.519. The van der Waals surface area contributed by atoms with Crippen LogP contribution in [-0.2, 0) is 24.7 Å². The van der Waals surface area contributed by atoms with Crippen molar-refractivity contribution in [2.75, 3.05) is 20.3 Å². The smallest absolute Gasteiger partial charge is 0.254 e. The van der Waals surface area contributed by atoms with Gasteiger partial charge in [-0.3, -0.25) is 9.78 Å². The van der Waals surface area contributed by atoms with Crippen molar-refractivity contribution in [1.82, 2.24) is 19.7 Å². The van der Waals surface area contributed by atoms with E-state index in [4.69, 9.17) is 9.47 Å². The quantitative estimate of drug-likeness (QED) is 0.180. The average Bonchev–Trinajstić information content (AvgIpc) is 3.62. The van der Waals surface area contributed by atoms with Gasteiger partial charge in [-0.05, 0) is 44.0 Å². The Morgan fingerprint density at radius 3 is 2.74 bits per heavy atom. The predicted octanol–water partition coefficient (Wildman–Crippen LogP) is 5.65. The van der Waals surface area contributed by atoms with Crippen molar-refractivity contribution in [2.24, 2.45) is 5.92 Å². The van der Waals surface area contributed by atoms with Crippen molar-refractivity contribution < 1.29 is 18.7 Å². The maximum atomic E-state index is 13.7. The van der Waals surface area contributed by atoms with Crippen molar-refractivity contribution in [3.8, 4) is 17.6 Å². The predicted molar refractivity (Wildman–Crippen MR) is 149 cm³/mol. The maximum absolute atomic E-state index is 13.7. The first-order valence-corrected chi connectivity index (χ1v) is 16.9. The second-order valence-electron chi connectivity index (χ2n) is 11.0. The number of alkyl halides is 1. The zero-order chi connectivity index (χ0) is 27.3. The number of hydrogen-bond acceptors (Lipinski definition) is 5. The molecule has 0 spiro atoms. The van der Waals surface area contributed by atoms with Gasteiger partial charge in [-0.1, -0.05) is 31.5 Å². The van der Waals surface area contributed by atoms with Gasteiger partial charge in [-0.25, -0.2) is 9.07 Å². The fourth-order valence-electron chi connectivity index (χ4n) is 4.06. The lowest BCUT2D eigenvalue weighted by Gasteiger charge is -2.20. The van der Waals surface area contributed by atoms with E-state index < -0.39 is 14.7 Å². The lowest BCUT2D eigenvalue weighted by molar-refractivity contribution is 0.0781.